The summed E-state index contributed by atoms with van der Waals surface area (Å²) in [6.45, 7) is 2.69. The highest BCUT2D eigenvalue weighted by Gasteiger charge is 2.31. The number of hydroxylamine groups is 1. The monoisotopic (exact) mass is 394 g/mol. The van der Waals surface area contributed by atoms with Crippen molar-refractivity contribution in [1.29, 1.82) is 0 Å². The fourth-order valence-electron chi connectivity index (χ4n) is 2.71. The van der Waals surface area contributed by atoms with Crippen molar-refractivity contribution in [3.8, 4) is 0 Å². The van der Waals surface area contributed by atoms with Crippen molar-refractivity contribution >= 4 is 5.91 Å². The van der Waals surface area contributed by atoms with E-state index < -0.39 is 41.4 Å². The lowest BCUT2D eigenvalue weighted by Gasteiger charge is -2.25. The summed E-state index contributed by atoms with van der Waals surface area (Å²) in [4.78, 5) is 11.7. The minimum Gasteiger partial charge on any atom is -0.391 e. The van der Waals surface area contributed by atoms with Crippen molar-refractivity contribution in [3.63, 3.8) is 0 Å². The molecule has 0 aliphatic rings. The highest BCUT2D eigenvalue weighted by Crippen LogP contribution is 2.30. The van der Waals surface area contributed by atoms with Crippen LogP contribution in [0.4, 0.5) is 17.6 Å². The van der Waals surface area contributed by atoms with Gasteiger partial charge >= 0.3 is 6.18 Å². The Labute approximate surface area is 155 Å². The number of aliphatic hydroxyl groups is 1. The van der Waals surface area contributed by atoms with Crippen molar-refractivity contribution in [3.05, 3.63) is 35.4 Å². The summed E-state index contributed by atoms with van der Waals surface area (Å²) >= 11 is 0. The van der Waals surface area contributed by atoms with Crippen LogP contribution in [0, 0.1) is 5.92 Å². The molecule has 27 heavy (non-hydrogen) atoms. The lowest BCUT2D eigenvalue weighted by molar-refractivity contribution is -0.137. The average Bonchev–Trinajstić information content (AvgIpc) is 2.56. The number of nitrogens with two attached hydrogens (primary N) is 1. The Hall–Kier alpha value is -1.71. The second-order valence-corrected chi connectivity index (χ2v) is 7.30. The Morgan fingerprint density at radius 1 is 1.26 bits per heavy atom. The number of nitrogens with one attached hydrogen (secondary N) is 1. The van der Waals surface area contributed by atoms with Crippen molar-refractivity contribution in [2.45, 2.75) is 63.5 Å². The highest BCUT2D eigenvalue weighted by atomic mass is 19.4. The van der Waals surface area contributed by atoms with Gasteiger partial charge in [-0.05, 0) is 51.2 Å². The minimum absolute atomic E-state index is 0.0284. The normalized spacial score (nSPS) is 15.9. The number of hydrogen-bond acceptors (Lipinski definition) is 4. The molecule has 9 heteroatoms. The highest BCUT2D eigenvalue weighted by molar-refractivity contribution is 5.77. The molecule has 5 N–H and O–H groups in total. The van der Waals surface area contributed by atoms with Crippen LogP contribution in [0.1, 0.15) is 44.2 Å². The Balaban J connectivity index is 2.75. The second-order valence-electron chi connectivity index (χ2n) is 7.30. The summed E-state index contributed by atoms with van der Waals surface area (Å²) in [7, 11) is 0. The maximum absolute atomic E-state index is 13.7. The van der Waals surface area contributed by atoms with E-state index in [1.54, 1.807) is 0 Å². The molecule has 0 aromatic heterocycles. The molecule has 3 unspecified atom stereocenters. The number of halogens is 4. The molecule has 5 nitrogen and oxygen atoms in total. The zero-order chi connectivity index (χ0) is 20.8. The van der Waals surface area contributed by atoms with Gasteiger partial charge in [-0.1, -0.05) is 18.2 Å². The van der Waals surface area contributed by atoms with E-state index in [0.29, 0.717) is 5.56 Å². The molecular weight excluding hydrogens is 368 g/mol. The van der Waals surface area contributed by atoms with E-state index >= 15 is 0 Å². The van der Waals surface area contributed by atoms with Crippen LogP contribution in [-0.2, 0) is 17.4 Å². The molecule has 1 aromatic carbocycles. The van der Waals surface area contributed by atoms with Crippen molar-refractivity contribution in [1.82, 2.24) is 5.48 Å². The Morgan fingerprint density at radius 2 is 1.89 bits per heavy atom. The van der Waals surface area contributed by atoms with Gasteiger partial charge in [0.2, 0.25) is 5.91 Å². The van der Waals surface area contributed by atoms with Gasteiger partial charge in [0.05, 0.1) is 11.7 Å². The predicted molar refractivity (Wildman–Crippen MR) is 91.6 cm³/mol. The zero-order valence-electron chi connectivity index (χ0n) is 15.3. The first-order chi connectivity index (χ1) is 12.3. The molecule has 0 spiro atoms. The van der Waals surface area contributed by atoms with Crippen LogP contribution >= 0.6 is 0 Å². The predicted octanol–water partition coefficient (Wildman–Crippen LogP) is 2.98. The lowest BCUT2D eigenvalue weighted by atomic mass is 9.88. The number of carbonyl (C=O) groups excluding carboxylic acids is 1. The first-order valence-electron chi connectivity index (χ1n) is 8.56. The molecule has 1 rings (SSSR count). The number of carbonyl (C=O) groups is 1. The Morgan fingerprint density at radius 3 is 2.41 bits per heavy atom. The van der Waals surface area contributed by atoms with Crippen LogP contribution in [0.25, 0.3) is 0 Å². The van der Waals surface area contributed by atoms with E-state index in [0.717, 1.165) is 12.1 Å². The van der Waals surface area contributed by atoms with Crippen LogP contribution in [0.3, 0.4) is 0 Å². The molecule has 3 atom stereocenters. The van der Waals surface area contributed by atoms with Gasteiger partial charge in [0, 0.05) is 12.0 Å². The van der Waals surface area contributed by atoms with Crippen LogP contribution in [-0.4, -0.2) is 34.0 Å². The molecule has 0 aliphatic heterocycles. The van der Waals surface area contributed by atoms with E-state index in [4.69, 9.17) is 10.9 Å². The van der Waals surface area contributed by atoms with Gasteiger partial charge in [0.15, 0.2) is 0 Å². The maximum Gasteiger partial charge on any atom is 0.416 e. The Bertz CT molecular complexity index is 617. The molecule has 0 bridgehead atoms. The van der Waals surface area contributed by atoms with E-state index in [2.05, 4.69) is 0 Å². The van der Waals surface area contributed by atoms with Crippen LogP contribution < -0.4 is 11.2 Å². The molecule has 1 aromatic rings. The average molecular weight is 394 g/mol. The molecule has 0 radical (unpaired) electrons. The number of benzene rings is 1. The van der Waals surface area contributed by atoms with Crippen LogP contribution in [0.5, 0.6) is 0 Å². The number of amides is 1. The van der Waals surface area contributed by atoms with Crippen molar-refractivity contribution in [2.24, 2.45) is 11.7 Å². The van der Waals surface area contributed by atoms with Crippen molar-refractivity contribution in [2.75, 3.05) is 0 Å². The quantitative estimate of drug-likeness (QED) is 0.294. The van der Waals surface area contributed by atoms with Gasteiger partial charge < -0.3 is 10.8 Å². The van der Waals surface area contributed by atoms with E-state index in [-0.39, 0.29) is 25.7 Å². The molecular formula is C18H26F4N2O3. The zero-order valence-corrected chi connectivity index (χ0v) is 15.3. The van der Waals surface area contributed by atoms with Gasteiger partial charge in [0.1, 0.15) is 5.67 Å². The molecule has 0 fully saturated rings. The summed E-state index contributed by atoms with van der Waals surface area (Å²) in [6.07, 6.45) is -5.79. The van der Waals surface area contributed by atoms with Gasteiger partial charge in [0.25, 0.3) is 0 Å². The summed E-state index contributed by atoms with van der Waals surface area (Å²) in [5.41, 5.74) is 5.31. The van der Waals surface area contributed by atoms with Crippen molar-refractivity contribution < 1.29 is 32.7 Å². The van der Waals surface area contributed by atoms with Crippen LogP contribution in [0.15, 0.2) is 24.3 Å². The second kappa shape index (κ2) is 9.48. The molecule has 0 heterocycles. The summed E-state index contributed by atoms with van der Waals surface area (Å²) in [5.74, 6) is -1.66. The first-order valence-corrected chi connectivity index (χ1v) is 8.56. The summed E-state index contributed by atoms with van der Waals surface area (Å²) in [6, 6.07) is 3.68. The third-order valence-corrected chi connectivity index (χ3v) is 4.31. The standard InChI is InChI=1S/C18H26F4N2O3/c1-17(2,19)7-6-12(16(26)24-27)10-15(25)14(23)9-11-4-3-5-13(8-11)18(20,21)22/h3-5,8,12,14-15,25,27H,6-7,9-10,23H2,1-2H3,(H,24,26). The molecule has 0 saturated carbocycles. The number of aliphatic hydroxyl groups excluding tert-OH is 1. The van der Waals surface area contributed by atoms with Gasteiger partial charge in [-0.15, -0.1) is 0 Å². The fraction of sp³-hybridized carbons (Fsp3) is 0.611. The van der Waals surface area contributed by atoms with Gasteiger partial charge in [-0.25, -0.2) is 9.87 Å². The number of hydrogen-bond donors (Lipinski definition) is 4. The molecule has 1 amide bonds. The number of rotatable bonds is 9. The Kier molecular flexibility index (Phi) is 8.19. The van der Waals surface area contributed by atoms with E-state index in [9.17, 15) is 27.5 Å². The van der Waals surface area contributed by atoms with Gasteiger partial charge in [-0.3, -0.25) is 10.0 Å². The third-order valence-electron chi connectivity index (χ3n) is 4.31. The minimum atomic E-state index is -4.48. The topological polar surface area (TPSA) is 95.6 Å². The lowest BCUT2D eigenvalue weighted by Crippen LogP contribution is -2.40. The molecule has 0 saturated heterocycles. The number of alkyl halides is 4. The van der Waals surface area contributed by atoms with E-state index in [1.807, 2.05) is 0 Å². The summed E-state index contributed by atoms with van der Waals surface area (Å²) in [5, 5.41) is 19.1. The maximum atomic E-state index is 13.7. The van der Waals surface area contributed by atoms with E-state index in [1.165, 1.54) is 31.5 Å². The molecule has 154 valence electrons. The smallest absolute Gasteiger partial charge is 0.391 e. The van der Waals surface area contributed by atoms with Crippen LogP contribution in [0.2, 0.25) is 0 Å². The SMILES string of the molecule is CC(C)(F)CCC(CC(O)C(N)Cc1cccc(C(F)(F)F)c1)C(=O)NO. The largest absolute Gasteiger partial charge is 0.416 e. The fourth-order valence-corrected chi connectivity index (χ4v) is 2.71. The third kappa shape index (κ3) is 8.23. The summed E-state index contributed by atoms with van der Waals surface area (Å²) < 4.78 is 52.0. The van der Waals surface area contributed by atoms with Gasteiger partial charge in [-0.2, -0.15) is 13.2 Å². The molecule has 0 aliphatic carbocycles. The first kappa shape index (κ1) is 23.3.